The highest BCUT2D eigenvalue weighted by Gasteiger charge is 2.40. The van der Waals surface area contributed by atoms with Crippen molar-refractivity contribution in [2.45, 2.75) is 51.1 Å². The van der Waals surface area contributed by atoms with Gasteiger partial charge in [0.05, 0.1) is 35.4 Å². The molecule has 7 heteroatoms. The fourth-order valence-corrected chi connectivity index (χ4v) is 4.84. The van der Waals surface area contributed by atoms with E-state index in [9.17, 15) is 14.4 Å². The molecule has 3 heterocycles. The van der Waals surface area contributed by atoms with Crippen molar-refractivity contribution < 1.29 is 14.4 Å². The van der Waals surface area contributed by atoms with E-state index >= 15 is 0 Å². The van der Waals surface area contributed by atoms with Crippen LogP contribution in [0.4, 0.5) is 0 Å². The average molecular weight is 392 g/mol. The summed E-state index contributed by atoms with van der Waals surface area (Å²) in [7, 11) is 1.93. The zero-order valence-electron chi connectivity index (χ0n) is 16.6. The molecule has 3 amide bonds. The molecule has 7 nitrogen and oxygen atoms in total. The Morgan fingerprint density at radius 2 is 1.83 bits per heavy atom. The highest BCUT2D eigenvalue weighted by atomic mass is 16.2. The Bertz CT molecular complexity index is 1020. The lowest BCUT2D eigenvalue weighted by Crippen LogP contribution is -2.40. The summed E-state index contributed by atoms with van der Waals surface area (Å²) in [5.41, 5.74) is 3.32. The van der Waals surface area contributed by atoms with Crippen LogP contribution in [0.5, 0.6) is 0 Å². The van der Waals surface area contributed by atoms with E-state index < -0.39 is 0 Å². The molecule has 1 aromatic carbocycles. The number of benzene rings is 1. The van der Waals surface area contributed by atoms with Gasteiger partial charge in [0, 0.05) is 31.6 Å². The first-order valence-electron chi connectivity index (χ1n) is 10.3. The van der Waals surface area contributed by atoms with Crippen LogP contribution in [0.3, 0.4) is 0 Å². The lowest BCUT2D eigenvalue weighted by Gasteiger charge is -2.29. The van der Waals surface area contributed by atoms with Gasteiger partial charge in [0.25, 0.3) is 17.7 Å². The van der Waals surface area contributed by atoms with Crippen LogP contribution in [-0.4, -0.2) is 49.7 Å². The Kier molecular flexibility index (Phi) is 4.26. The number of carbonyl (C=O) groups is 3. The number of imide groups is 1. The molecule has 29 heavy (non-hydrogen) atoms. The first-order chi connectivity index (χ1) is 14.0. The van der Waals surface area contributed by atoms with Gasteiger partial charge in [-0.15, -0.1) is 0 Å². The highest BCUT2D eigenvalue weighted by Crippen LogP contribution is 2.32. The number of aromatic nitrogens is 2. The van der Waals surface area contributed by atoms with E-state index in [1.165, 1.54) is 4.90 Å². The van der Waals surface area contributed by atoms with Crippen LogP contribution >= 0.6 is 0 Å². The first kappa shape index (κ1) is 18.1. The fourth-order valence-electron chi connectivity index (χ4n) is 4.84. The normalized spacial score (nSPS) is 19.5. The quantitative estimate of drug-likeness (QED) is 0.736. The number of rotatable bonds is 2. The minimum Gasteiger partial charge on any atom is -0.336 e. The van der Waals surface area contributed by atoms with Crippen molar-refractivity contribution in [2.24, 2.45) is 7.05 Å². The van der Waals surface area contributed by atoms with Crippen LogP contribution in [0, 0.1) is 0 Å². The maximum Gasteiger partial charge on any atom is 0.261 e. The lowest BCUT2D eigenvalue weighted by molar-refractivity contribution is 0.0548. The van der Waals surface area contributed by atoms with Crippen molar-refractivity contribution in [3.05, 3.63) is 52.6 Å². The topological polar surface area (TPSA) is 75.5 Å². The van der Waals surface area contributed by atoms with Crippen molar-refractivity contribution in [2.75, 3.05) is 6.54 Å². The molecule has 150 valence electrons. The number of amides is 3. The Labute approximate surface area is 169 Å². The number of fused-ring (bicyclic) bond motifs is 2. The summed E-state index contributed by atoms with van der Waals surface area (Å²) in [6.07, 6.45) is 7.50. The minimum absolute atomic E-state index is 0.0133. The van der Waals surface area contributed by atoms with Gasteiger partial charge in [-0.1, -0.05) is 19.3 Å². The van der Waals surface area contributed by atoms with E-state index in [0.29, 0.717) is 29.8 Å². The maximum atomic E-state index is 13.1. The number of nitrogens with zero attached hydrogens (tertiary/aromatic N) is 4. The average Bonchev–Trinajstić information content (AvgIpc) is 3.25. The molecule has 3 aliphatic rings. The molecule has 1 aromatic heterocycles. The molecule has 1 aliphatic carbocycles. The summed E-state index contributed by atoms with van der Waals surface area (Å²) in [5, 5.41) is 0. The summed E-state index contributed by atoms with van der Waals surface area (Å²) in [6.45, 7) is 1.10. The van der Waals surface area contributed by atoms with Crippen molar-refractivity contribution >= 4 is 17.7 Å². The Hall–Kier alpha value is -2.96. The summed E-state index contributed by atoms with van der Waals surface area (Å²) in [6, 6.07) is 4.92. The Balaban J connectivity index is 1.40. The third-order valence-electron chi connectivity index (χ3n) is 6.50. The van der Waals surface area contributed by atoms with Gasteiger partial charge in [-0.3, -0.25) is 19.3 Å². The lowest BCUT2D eigenvalue weighted by atomic mass is 9.94. The predicted octanol–water partition coefficient (Wildman–Crippen LogP) is 2.55. The predicted molar refractivity (Wildman–Crippen MR) is 105 cm³/mol. The standard InChI is InChI=1S/C22H24N4O3/c1-24-13-23-18-9-10-25(12-19(18)24)20(27)14-7-8-16-17(11-14)22(29)26(21(16)28)15-5-3-2-4-6-15/h7-8,11,13,15H,2-6,9-10,12H2,1H3. The Morgan fingerprint density at radius 1 is 1.07 bits per heavy atom. The number of hydrogen-bond acceptors (Lipinski definition) is 4. The SMILES string of the molecule is Cn1cnc2c1CN(C(=O)c1ccc3c(c1)C(=O)N(C1CCCCC1)C3=O)CC2. The van der Waals surface area contributed by atoms with Crippen molar-refractivity contribution in [1.82, 2.24) is 19.4 Å². The van der Waals surface area contributed by atoms with Crippen LogP contribution in [0.15, 0.2) is 24.5 Å². The van der Waals surface area contributed by atoms with Gasteiger partial charge in [0.2, 0.25) is 0 Å². The Morgan fingerprint density at radius 3 is 2.62 bits per heavy atom. The second kappa shape index (κ2) is 6.83. The molecule has 0 bridgehead atoms. The largest absolute Gasteiger partial charge is 0.336 e. The molecule has 0 radical (unpaired) electrons. The molecule has 0 spiro atoms. The molecule has 2 aromatic rings. The second-order valence-electron chi connectivity index (χ2n) is 8.26. The van der Waals surface area contributed by atoms with Gasteiger partial charge < -0.3 is 9.47 Å². The first-order valence-corrected chi connectivity index (χ1v) is 10.3. The third-order valence-corrected chi connectivity index (χ3v) is 6.50. The van der Waals surface area contributed by atoms with E-state index in [2.05, 4.69) is 4.98 Å². The second-order valence-corrected chi connectivity index (χ2v) is 8.26. The summed E-state index contributed by atoms with van der Waals surface area (Å²) < 4.78 is 1.95. The van der Waals surface area contributed by atoms with Crippen LogP contribution in [-0.2, 0) is 20.0 Å². The molecular formula is C22H24N4O3. The molecule has 0 unspecified atom stereocenters. The number of aryl methyl sites for hydroxylation is 1. The van der Waals surface area contributed by atoms with Gasteiger partial charge in [0.15, 0.2) is 0 Å². The van der Waals surface area contributed by atoms with Crippen LogP contribution < -0.4 is 0 Å². The highest BCUT2D eigenvalue weighted by molar-refractivity contribution is 6.22. The zero-order chi connectivity index (χ0) is 20.1. The monoisotopic (exact) mass is 392 g/mol. The third kappa shape index (κ3) is 2.87. The van der Waals surface area contributed by atoms with Gasteiger partial charge in [-0.2, -0.15) is 0 Å². The molecule has 1 fully saturated rings. The number of carbonyl (C=O) groups excluding carboxylic acids is 3. The molecule has 2 aliphatic heterocycles. The van der Waals surface area contributed by atoms with E-state index in [1.54, 1.807) is 29.4 Å². The van der Waals surface area contributed by atoms with E-state index in [1.807, 2.05) is 11.6 Å². The van der Waals surface area contributed by atoms with Gasteiger partial charge >= 0.3 is 0 Å². The van der Waals surface area contributed by atoms with E-state index in [0.717, 1.165) is 49.9 Å². The zero-order valence-corrected chi connectivity index (χ0v) is 16.6. The smallest absolute Gasteiger partial charge is 0.261 e. The molecule has 5 rings (SSSR count). The van der Waals surface area contributed by atoms with E-state index in [4.69, 9.17) is 0 Å². The number of imidazole rings is 1. The summed E-state index contributed by atoms with van der Waals surface area (Å²) >= 11 is 0. The fraction of sp³-hybridized carbons (Fsp3) is 0.455. The molecule has 0 saturated heterocycles. The van der Waals surface area contributed by atoms with Crippen LogP contribution in [0.1, 0.15) is 74.6 Å². The van der Waals surface area contributed by atoms with Crippen molar-refractivity contribution in [1.29, 1.82) is 0 Å². The minimum atomic E-state index is -0.251. The van der Waals surface area contributed by atoms with Crippen LogP contribution in [0.2, 0.25) is 0 Å². The molecule has 0 atom stereocenters. The molecular weight excluding hydrogens is 368 g/mol. The van der Waals surface area contributed by atoms with E-state index in [-0.39, 0.29) is 23.8 Å². The molecule has 0 N–H and O–H groups in total. The van der Waals surface area contributed by atoms with Crippen molar-refractivity contribution in [3.8, 4) is 0 Å². The maximum absolute atomic E-state index is 13.1. The molecule has 1 saturated carbocycles. The van der Waals surface area contributed by atoms with Gasteiger partial charge in [0.1, 0.15) is 0 Å². The van der Waals surface area contributed by atoms with Gasteiger partial charge in [-0.05, 0) is 31.0 Å². The van der Waals surface area contributed by atoms with Crippen LogP contribution in [0.25, 0.3) is 0 Å². The van der Waals surface area contributed by atoms with Gasteiger partial charge in [-0.25, -0.2) is 4.98 Å². The number of hydrogen-bond donors (Lipinski definition) is 0. The van der Waals surface area contributed by atoms with Crippen molar-refractivity contribution in [3.63, 3.8) is 0 Å². The summed E-state index contributed by atoms with van der Waals surface area (Å²) in [4.78, 5) is 46.5. The summed E-state index contributed by atoms with van der Waals surface area (Å²) in [5.74, 6) is -0.580.